The molecule has 0 radical (unpaired) electrons. The van der Waals surface area contributed by atoms with Crippen molar-refractivity contribution < 1.29 is 9.53 Å². The van der Waals surface area contributed by atoms with Gasteiger partial charge >= 0.3 is 0 Å². The number of carbonyl (C=O) groups excluding carboxylic acids is 1. The summed E-state index contributed by atoms with van der Waals surface area (Å²) in [6.45, 7) is 2.11. The maximum absolute atomic E-state index is 13.2. The SMILES string of the molecule is Cc1ccc(CCCCCCCc2ccc(Cl)cc2)c(C2OC2C(=O)c2ccc3ccccc3c2)c1. The second-order valence-electron chi connectivity index (χ2n) is 10.00. The monoisotopic (exact) mass is 496 g/mol. The van der Waals surface area contributed by atoms with Crippen LogP contribution in [-0.4, -0.2) is 11.9 Å². The van der Waals surface area contributed by atoms with E-state index in [-0.39, 0.29) is 18.0 Å². The molecule has 3 heteroatoms. The van der Waals surface area contributed by atoms with Crippen molar-refractivity contribution >= 4 is 28.2 Å². The number of rotatable bonds is 11. The molecule has 36 heavy (non-hydrogen) atoms. The molecule has 0 amide bonds. The van der Waals surface area contributed by atoms with Crippen molar-refractivity contribution in [3.63, 3.8) is 0 Å². The van der Waals surface area contributed by atoms with E-state index in [2.05, 4.69) is 43.3 Å². The molecule has 0 aromatic heterocycles. The maximum atomic E-state index is 13.2. The van der Waals surface area contributed by atoms with Crippen LogP contribution in [0.15, 0.2) is 84.9 Å². The summed E-state index contributed by atoms with van der Waals surface area (Å²) in [6.07, 6.45) is 7.74. The van der Waals surface area contributed by atoms with E-state index in [0.29, 0.717) is 0 Å². The van der Waals surface area contributed by atoms with Gasteiger partial charge in [0.1, 0.15) is 6.10 Å². The highest BCUT2D eigenvalue weighted by Crippen LogP contribution is 2.43. The Morgan fingerprint density at radius 2 is 1.50 bits per heavy atom. The van der Waals surface area contributed by atoms with Crippen molar-refractivity contribution in [2.75, 3.05) is 0 Å². The third-order valence-electron chi connectivity index (χ3n) is 7.22. The first kappa shape index (κ1) is 24.7. The summed E-state index contributed by atoms with van der Waals surface area (Å²) < 4.78 is 5.98. The summed E-state index contributed by atoms with van der Waals surface area (Å²) in [5.74, 6) is 0.0823. The molecule has 5 rings (SSSR count). The van der Waals surface area contributed by atoms with Gasteiger partial charge in [0.25, 0.3) is 0 Å². The number of epoxide rings is 1. The predicted molar refractivity (Wildman–Crippen MR) is 149 cm³/mol. The number of hydrogen-bond acceptors (Lipinski definition) is 2. The smallest absolute Gasteiger partial charge is 0.194 e. The number of carbonyl (C=O) groups is 1. The van der Waals surface area contributed by atoms with Crippen LogP contribution < -0.4 is 0 Å². The summed E-state index contributed by atoms with van der Waals surface area (Å²) in [7, 11) is 0. The minimum atomic E-state index is -0.375. The van der Waals surface area contributed by atoms with E-state index in [9.17, 15) is 4.79 Å². The molecular formula is C33H33ClO2. The van der Waals surface area contributed by atoms with Gasteiger partial charge in [0.15, 0.2) is 11.9 Å². The first-order chi connectivity index (χ1) is 17.6. The van der Waals surface area contributed by atoms with Crippen LogP contribution in [0.4, 0.5) is 0 Å². The average Bonchev–Trinajstić information content (AvgIpc) is 3.70. The van der Waals surface area contributed by atoms with E-state index in [1.165, 1.54) is 47.9 Å². The number of ketones is 1. The molecule has 4 aromatic carbocycles. The van der Waals surface area contributed by atoms with Crippen LogP contribution in [0, 0.1) is 6.92 Å². The zero-order valence-corrected chi connectivity index (χ0v) is 21.6. The molecule has 0 saturated carbocycles. The molecule has 1 saturated heterocycles. The van der Waals surface area contributed by atoms with Gasteiger partial charge in [0.05, 0.1) is 0 Å². The number of ether oxygens (including phenoxy) is 1. The largest absolute Gasteiger partial charge is 0.356 e. The van der Waals surface area contributed by atoms with Crippen molar-refractivity contribution in [1.29, 1.82) is 0 Å². The Balaban J connectivity index is 1.13. The molecule has 184 valence electrons. The quantitative estimate of drug-likeness (QED) is 0.118. The van der Waals surface area contributed by atoms with Gasteiger partial charge in [-0.05, 0) is 78.3 Å². The van der Waals surface area contributed by atoms with E-state index >= 15 is 0 Å². The lowest BCUT2D eigenvalue weighted by Crippen LogP contribution is -2.09. The highest BCUT2D eigenvalue weighted by Gasteiger charge is 2.47. The number of benzene rings is 4. The molecular weight excluding hydrogens is 464 g/mol. The Hall–Kier alpha value is -2.94. The summed E-state index contributed by atoms with van der Waals surface area (Å²) in [6, 6.07) is 28.9. The van der Waals surface area contributed by atoms with Crippen LogP contribution >= 0.6 is 11.6 Å². The number of Topliss-reactive ketones (excluding diaryl/α,β-unsaturated/α-hetero) is 1. The maximum Gasteiger partial charge on any atom is 0.194 e. The predicted octanol–water partition coefficient (Wildman–Crippen LogP) is 8.86. The fraction of sp³-hybridized carbons (Fsp3) is 0.303. The molecule has 0 spiro atoms. The third-order valence-corrected chi connectivity index (χ3v) is 7.47. The second kappa shape index (κ2) is 11.4. The number of hydrogen-bond donors (Lipinski definition) is 0. The zero-order chi connectivity index (χ0) is 24.9. The first-order valence-corrected chi connectivity index (χ1v) is 13.5. The lowest BCUT2D eigenvalue weighted by Gasteiger charge is -2.09. The van der Waals surface area contributed by atoms with Crippen LogP contribution in [0.1, 0.15) is 70.8 Å². The van der Waals surface area contributed by atoms with Crippen molar-refractivity contribution in [3.05, 3.63) is 118 Å². The van der Waals surface area contributed by atoms with Gasteiger partial charge in [-0.2, -0.15) is 0 Å². The summed E-state index contributed by atoms with van der Waals surface area (Å²) in [5, 5.41) is 3.04. The molecule has 1 aliphatic rings. The number of unbranched alkanes of at least 4 members (excludes halogenated alkanes) is 4. The van der Waals surface area contributed by atoms with E-state index in [1.54, 1.807) is 0 Å². The molecule has 2 unspecified atom stereocenters. The second-order valence-corrected chi connectivity index (χ2v) is 10.4. The lowest BCUT2D eigenvalue weighted by molar-refractivity contribution is 0.0954. The Kier molecular flexibility index (Phi) is 7.84. The first-order valence-electron chi connectivity index (χ1n) is 13.1. The van der Waals surface area contributed by atoms with E-state index in [4.69, 9.17) is 16.3 Å². The van der Waals surface area contributed by atoms with Gasteiger partial charge in [-0.1, -0.05) is 103 Å². The number of halogens is 1. The van der Waals surface area contributed by atoms with Gasteiger partial charge in [-0.25, -0.2) is 0 Å². The van der Waals surface area contributed by atoms with Crippen LogP contribution in [-0.2, 0) is 17.6 Å². The molecule has 0 N–H and O–H groups in total. The van der Waals surface area contributed by atoms with E-state index in [1.807, 2.05) is 48.5 Å². The van der Waals surface area contributed by atoms with Crippen LogP contribution in [0.2, 0.25) is 5.02 Å². The zero-order valence-electron chi connectivity index (χ0n) is 20.9. The molecule has 1 fully saturated rings. The molecule has 0 aliphatic carbocycles. The van der Waals surface area contributed by atoms with Crippen molar-refractivity contribution in [2.45, 2.75) is 64.1 Å². The topological polar surface area (TPSA) is 29.6 Å². The van der Waals surface area contributed by atoms with Gasteiger partial charge in [0, 0.05) is 10.6 Å². The Morgan fingerprint density at radius 3 is 2.31 bits per heavy atom. The Morgan fingerprint density at radius 1 is 0.778 bits per heavy atom. The molecule has 1 heterocycles. The minimum Gasteiger partial charge on any atom is -0.356 e. The fourth-order valence-corrected chi connectivity index (χ4v) is 5.21. The molecule has 0 bridgehead atoms. The van der Waals surface area contributed by atoms with Crippen molar-refractivity contribution in [2.24, 2.45) is 0 Å². The summed E-state index contributed by atoms with van der Waals surface area (Å²) >= 11 is 5.97. The third kappa shape index (κ3) is 6.06. The van der Waals surface area contributed by atoms with Gasteiger partial charge < -0.3 is 4.74 Å². The standard InChI is InChI=1S/C33H33ClO2/c1-23-13-16-26(11-6-4-2-3-5-9-24-14-19-29(34)20-15-24)30(21-23)32-33(36-32)31(35)28-18-17-25-10-7-8-12-27(25)22-28/h7-8,10,12-22,32-33H,2-6,9,11H2,1H3. The highest BCUT2D eigenvalue weighted by molar-refractivity contribution is 6.30. The molecule has 1 aliphatic heterocycles. The lowest BCUT2D eigenvalue weighted by atomic mass is 9.93. The molecule has 2 atom stereocenters. The number of aryl methyl sites for hydroxylation is 3. The van der Waals surface area contributed by atoms with E-state index < -0.39 is 0 Å². The fourth-order valence-electron chi connectivity index (χ4n) is 5.09. The van der Waals surface area contributed by atoms with Crippen LogP contribution in [0.25, 0.3) is 10.8 Å². The van der Waals surface area contributed by atoms with Gasteiger partial charge in [-0.3, -0.25) is 4.79 Å². The summed E-state index contributed by atoms with van der Waals surface area (Å²) in [5.41, 5.74) is 5.82. The Labute approximate surface area is 219 Å². The minimum absolute atomic E-state index is 0.0823. The van der Waals surface area contributed by atoms with Crippen LogP contribution in [0.5, 0.6) is 0 Å². The van der Waals surface area contributed by atoms with Crippen LogP contribution in [0.3, 0.4) is 0 Å². The highest BCUT2D eigenvalue weighted by atomic mass is 35.5. The Bertz CT molecular complexity index is 1340. The number of fused-ring (bicyclic) bond motifs is 1. The van der Waals surface area contributed by atoms with Crippen molar-refractivity contribution in [1.82, 2.24) is 0 Å². The van der Waals surface area contributed by atoms with Gasteiger partial charge in [0.2, 0.25) is 0 Å². The average molecular weight is 497 g/mol. The summed E-state index contributed by atoms with van der Waals surface area (Å²) in [4.78, 5) is 13.2. The normalized spacial score (nSPS) is 16.8. The van der Waals surface area contributed by atoms with E-state index in [0.717, 1.165) is 40.6 Å². The van der Waals surface area contributed by atoms with Crippen molar-refractivity contribution in [3.8, 4) is 0 Å². The van der Waals surface area contributed by atoms with Gasteiger partial charge in [-0.15, -0.1) is 0 Å². The molecule has 4 aromatic rings. The molecule has 2 nitrogen and oxygen atoms in total.